The molecule has 0 aliphatic carbocycles. The number of nitrogens with zero attached hydrogens (tertiary/aromatic N) is 1. The third-order valence-electron chi connectivity index (χ3n) is 4.10. The number of phenols is 1. The van der Waals surface area contributed by atoms with Crippen LogP contribution < -0.4 is 10.6 Å². The van der Waals surface area contributed by atoms with E-state index in [9.17, 15) is 9.90 Å². The highest BCUT2D eigenvalue weighted by atomic mass is 16.3. The zero-order valence-corrected chi connectivity index (χ0v) is 11.1. The molecule has 2 amide bonds. The van der Waals surface area contributed by atoms with Crippen LogP contribution in [0.1, 0.15) is 11.1 Å². The van der Waals surface area contributed by atoms with Crippen molar-refractivity contribution in [2.75, 3.05) is 26.2 Å². The number of aromatic hydroxyl groups is 1. The van der Waals surface area contributed by atoms with Crippen molar-refractivity contribution in [2.45, 2.75) is 13.5 Å². The van der Waals surface area contributed by atoms with Crippen LogP contribution >= 0.6 is 0 Å². The molecule has 0 radical (unpaired) electrons. The lowest BCUT2D eigenvalue weighted by atomic mass is 9.75. The predicted octanol–water partition coefficient (Wildman–Crippen LogP) is 0.815. The van der Waals surface area contributed by atoms with E-state index in [1.54, 1.807) is 12.1 Å². The molecule has 0 bridgehead atoms. The van der Waals surface area contributed by atoms with Crippen LogP contribution in [0, 0.1) is 12.3 Å². The van der Waals surface area contributed by atoms with Gasteiger partial charge in [0.1, 0.15) is 5.75 Å². The molecular formula is C14H19N3O2. The summed E-state index contributed by atoms with van der Waals surface area (Å²) < 4.78 is 0. The SMILES string of the molecule is Cc1cc(O)ccc1CNC(=O)N1CC2(CNC2)C1. The molecule has 0 aromatic heterocycles. The number of benzene rings is 1. The molecular weight excluding hydrogens is 242 g/mol. The van der Waals surface area contributed by atoms with E-state index in [2.05, 4.69) is 10.6 Å². The summed E-state index contributed by atoms with van der Waals surface area (Å²) in [6, 6.07) is 5.20. The highest BCUT2D eigenvalue weighted by Gasteiger charge is 2.49. The summed E-state index contributed by atoms with van der Waals surface area (Å²) in [6.45, 7) is 6.23. The first-order chi connectivity index (χ1) is 9.08. The lowest BCUT2D eigenvalue weighted by molar-refractivity contribution is -0.0111. The van der Waals surface area contributed by atoms with Crippen LogP contribution in [0.4, 0.5) is 4.79 Å². The lowest BCUT2D eigenvalue weighted by Gasteiger charge is -2.55. The molecule has 2 aliphatic rings. The molecule has 1 aromatic carbocycles. The first kappa shape index (κ1) is 12.3. The van der Waals surface area contributed by atoms with Gasteiger partial charge in [0.2, 0.25) is 0 Å². The Balaban J connectivity index is 1.50. The third kappa shape index (κ3) is 2.26. The van der Waals surface area contributed by atoms with Crippen LogP contribution in [0.5, 0.6) is 5.75 Å². The maximum atomic E-state index is 11.9. The monoisotopic (exact) mass is 261 g/mol. The van der Waals surface area contributed by atoms with Gasteiger partial charge in [-0.3, -0.25) is 0 Å². The van der Waals surface area contributed by atoms with Crippen molar-refractivity contribution in [1.29, 1.82) is 0 Å². The molecule has 19 heavy (non-hydrogen) atoms. The Morgan fingerprint density at radius 3 is 2.79 bits per heavy atom. The van der Waals surface area contributed by atoms with Gasteiger partial charge in [-0.05, 0) is 30.2 Å². The number of carbonyl (C=O) groups is 1. The van der Waals surface area contributed by atoms with Gasteiger partial charge in [-0.15, -0.1) is 0 Å². The van der Waals surface area contributed by atoms with Crippen LogP contribution in [-0.2, 0) is 6.54 Å². The minimum atomic E-state index is 0.00463. The Kier molecular flexibility index (Phi) is 2.86. The second-order valence-corrected chi connectivity index (χ2v) is 5.73. The zero-order chi connectivity index (χ0) is 13.5. The molecule has 5 nitrogen and oxygen atoms in total. The van der Waals surface area contributed by atoms with E-state index < -0.39 is 0 Å². The molecule has 0 unspecified atom stereocenters. The normalized spacial score (nSPS) is 19.7. The standard InChI is InChI=1S/C14H19N3O2/c1-10-4-12(18)3-2-11(10)5-16-13(19)17-8-14(9-17)6-15-7-14/h2-4,15,18H,5-9H2,1H3,(H,16,19). The highest BCUT2D eigenvalue weighted by molar-refractivity contribution is 5.75. The summed E-state index contributed by atoms with van der Waals surface area (Å²) in [5.74, 6) is 0.259. The summed E-state index contributed by atoms with van der Waals surface area (Å²) >= 11 is 0. The van der Waals surface area contributed by atoms with Crippen molar-refractivity contribution >= 4 is 6.03 Å². The van der Waals surface area contributed by atoms with Gasteiger partial charge in [0.05, 0.1) is 0 Å². The number of phenolic OH excluding ortho intramolecular Hbond substituents is 1. The minimum Gasteiger partial charge on any atom is -0.508 e. The minimum absolute atomic E-state index is 0.00463. The van der Waals surface area contributed by atoms with E-state index in [1.807, 2.05) is 17.9 Å². The summed E-state index contributed by atoms with van der Waals surface area (Å²) in [7, 11) is 0. The maximum absolute atomic E-state index is 11.9. The first-order valence-corrected chi connectivity index (χ1v) is 6.60. The van der Waals surface area contributed by atoms with Crippen molar-refractivity contribution in [1.82, 2.24) is 15.5 Å². The topological polar surface area (TPSA) is 64.6 Å². The number of urea groups is 1. The fourth-order valence-corrected chi connectivity index (χ4v) is 2.77. The van der Waals surface area contributed by atoms with Gasteiger partial charge in [0.25, 0.3) is 0 Å². The fraction of sp³-hybridized carbons (Fsp3) is 0.500. The quantitative estimate of drug-likeness (QED) is 0.738. The summed E-state index contributed by atoms with van der Waals surface area (Å²) in [5.41, 5.74) is 2.39. The molecule has 1 spiro atoms. The fourth-order valence-electron chi connectivity index (χ4n) is 2.77. The second-order valence-electron chi connectivity index (χ2n) is 5.73. The number of aryl methyl sites for hydroxylation is 1. The molecule has 3 rings (SSSR count). The van der Waals surface area contributed by atoms with Gasteiger partial charge in [0.15, 0.2) is 0 Å². The van der Waals surface area contributed by atoms with Crippen LogP contribution in [-0.4, -0.2) is 42.2 Å². The Morgan fingerprint density at radius 2 is 2.21 bits per heavy atom. The van der Waals surface area contributed by atoms with E-state index in [0.29, 0.717) is 12.0 Å². The molecule has 0 atom stereocenters. The summed E-state index contributed by atoms with van der Waals surface area (Å²) in [6.07, 6.45) is 0. The number of hydrogen-bond acceptors (Lipinski definition) is 3. The number of carbonyl (C=O) groups excluding carboxylic acids is 1. The van der Waals surface area contributed by atoms with Crippen molar-refractivity contribution in [3.05, 3.63) is 29.3 Å². The number of nitrogens with one attached hydrogen (secondary N) is 2. The number of hydrogen-bond donors (Lipinski definition) is 3. The zero-order valence-electron chi connectivity index (χ0n) is 11.1. The van der Waals surface area contributed by atoms with E-state index in [4.69, 9.17) is 0 Å². The lowest BCUT2D eigenvalue weighted by Crippen LogP contribution is -2.72. The van der Waals surface area contributed by atoms with Gasteiger partial charge in [0, 0.05) is 38.1 Å². The highest BCUT2D eigenvalue weighted by Crippen LogP contribution is 2.33. The second kappa shape index (κ2) is 4.42. The van der Waals surface area contributed by atoms with Gasteiger partial charge in [-0.2, -0.15) is 0 Å². The van der Waals surface area contributed by atoms with Crippen LogP contribution in [0.15, 0.2) is 18.2 Å². The average molecular weight is 261 g/mol. The molecule has 2 saturated heterocycles. The molecule has 3 N–H and O–H groups in total. The van der Waals surface area contributed by atoms with Gasteiger partial charge < -0.3 is 20.6 Å². The maximum Gasteiger partial charge on any atom is 0.317 e. The number of likely N-dealkylation sites (tertiary alicyclic amines) is 1. The van der Waals surface area contributed by atoms with Crippen molar-refractivity contribution in [3.8, 4) is 5.75 Å². The predicted molar refractivity (Wildman–Crippen MR) is 72.0 cm³/mol. The van der Waals surface area contributed by atoms with Crippen molar-refractivity contribution in [3.63, 3.8) is 0 Å². The van der Waals surface area contributed by atoms with E-state index in [1.165, 1.54) is 0 Å². The van der Waals surface area contributed by atoms with Gasteiger partial charge >= 0.3 is 6.03 Å². The van der Waals surface area contributed by atoms with E-state index in [0.717, 1.165) is 37.3 Å². The Hall–Kier alpha value is -1.75. The van der Waals surface area contributed by atoms with Crippen LogP contribution in [0.3, 0.4) is 0 Å². The molecule has 2 aliphatic heterocycles. The molecule has 2 fully saturated rings. The Labute approximate surface area is 112 Å². The molecule has 2 heterocycles. The average Bonchev–Trinajstić information content (AvgIpc) is 2.24. The molecule has 5 heteroatoms. The summed E-state index contributed by atoms with van der Waals surface area (Å²) in [5, 5.41) is 15.5. The van der Waals surface area contributed by atoms with Crippen molar-refractivity contribution in [2.24, 2.45) is 5.41 Å². The molecule has 1 aromatic rings. The van der Waals surface area contributed by atoms with E-state index >= 15 is 0 Å². The Morgan fingerprint density at radius 1 is 1.47 bits per heavy atom. The van der Waals surface area contributed by atoms with Crippen LogP contribution in [0.25, 0.3) is 0 Å². The van der Waals surface area contributed by atoms with Crippen LogP contribution in [0.2, 0.25) is 0 Å². The number of amides is 2. The molecule has 102 valence electrons. The largest absolute Gasteiger partial charge is 0.508 e. The first-order valence-electron chi connectivity index (χ1n) is 6.60. The van der Waals surface area contributed by atoms with Crippen molar-refractivity contribution < 1.29 is 9.90 Å². The summed E-state index contributed by atoms with van der Waals surface area (Å²) in [4.78, 5) is 13.8. The third-order valence-corrected chi connectivity index (χ3v) is 4.10. The van der Waals surface area contributed by atoms with Gasteiger partial charge in [-0.25, -0.2) is 4.79 Å². The smallest absolute Gasteiger partial charge is 0.317 e. The Bertz CT molecular complexity index is 503. The van der Waals surface area contributed by atoms with E-state index in [-0.39, 0.29) is 11.8 Å². The van der Waals surface area contributed by atoms with Gasteiger partial charge in [-0.1, -0.05) is 6.07 Å². The number of rotatable bonds is 2. The molecule has 0 saturated carbocycles.